The zero-order chi connectivity index (χ0) is 20.4. The van der Waals surface area contributed by atoms with Gasteiger partial charge in [0.1, 0.15) is 11.9 Å². The number of ether oxygens (including phenoxy) is 1. The van der Waals surface area contributed by atoms with Gasteiger partial charge in [0, 0.05) is 29.4 Å². The van der Waals surface area contributed by atoms with Gasteiger partial charge in [0.2, 0.25) is 0 Å². The second kappa shape index (κ2) is 7.71. The molecule has 3 aromatic rings. The monoisotopic (exact) mass is 392 g/mol. The lowest BCUT2D eigenvalue weighted by Gasteiger charge is -2.22. The van der Waals surface area contributed by atoms with Crippen LogP contribution < -0.4 is 10.9 Å². The molecule has 2 unspecified atom stereocenters. The van der Waals surface area contributed by atoms with Gasteiger partial charge in [-0.25, -0.2) is 4.68 Å². The van der Waals surface area contributed by atoms with E-state index in [-0.39, 0.29) is 23.1 Å². The highest BCUT2D eigenvalue weighted by Crippen LogP contribution is 2.24. The lowest BCUT2D eigenvalue weighted by molar-refractivity contribution is 0.183. The van der Waals surface area contributed by atoms with Gasteiger partial charge in [-0.1, -0.05) is 20.8 Å². The number of pyridine rings is 1. The Morgan fingerprint density at radius 1 is 1.10 bits per heavy atom. The maximum absolute atomic E-state index is 12.5. The van der Waals surface area contributed by atoms with Crippen molar-refractivity contribution in [3.63, 3.8) is 0 Å². The summed E-state index contributed by atoms with van der Waals surface area (Å²) in [5, 5.41) is 16.5. The standard InChI is InChI=1S/C21H24N6O2/c1-21(2,3)18-7-8-19(25-24-18)23-16-12-29-13-17(16)27-20(28)9-6-15(26-27)14-5-4-10-22-11-14/h4-11,16-17H,12-13H2,1-3H3,(H,23,25). The van der Waals surface area contributed by atoms with Gasteiger partial charge in [-0.3, -0.25) is 9.78 Å². The zero-order valence-corrected chi connectivity index (χ0v) is 16.7. The highest BCUT2D eigenvalue weighted by Gasteiger charge is 2.32. The minimum Gasteiger partial charge on any atom is -0.377 e. The van der Waals surface area contributed by atoms with Crippen LogP contribution in [-0.2, 0) is 10.2 Å². The molecule has 0 radical (unpaired) electrons. The van der Waals surface area contributed by atoms with Crippen LogP contribution in [0.5, 0.6) is 0 Å². The summed E-state index contributed by atoms with van der Waals surface area (Å²) >= 11 is 0. The minimum atomic E-state index is -0.247. The molecule has 1 N–H and O–H groups in total. The van der Waals surface area contributed by atoms with E-state index in [2.05, 4.69) is 46.4 Å². The van der Waals surface area contributed by atoms with E-state index in [1.165, 1.54) is 10.7 Å². The molecule has 4 heterocycles. The van der Waals surface area contributed by atoms with E-state index >= 15 is 0 Å². The molecule has 0 bridgehead atoms. The van der Waals surface area contributed by atoms with Crippen LogP contribution in [0.15, 0.2) is 53.6 Å². The van der Waals surface area contributed by atoms with Gasteiger partial charge in [-0.15, -0.1) is 5.10 Å². The lowest BCUT2D eigenvalue weighted by atomic mass is 9.92. The Morgan fingerprint density at radius 3 is 2.66 bits per heavy atom. The van der Waals surface area contributed by atoms with E-state index in [1.54, 1.807) is 18.5 Å². The summed E-state index contributed by atoms with van der Waals surface area (Å²) < 4.78 is 7.14. The van der Waals surface area contributed by atoms with Gasteiger partial charge in [0.05, 0.1) is 30.6 Å². The van der Waals surface area contributed by atoms with Gasteiger partial charge in [0.25, 0.3) is 5.56 Å². The summed E-state index contributed by atoms with van der Waals surface area (Å²) in [5.41, 5.74) is 2.23. The molecule has 3 aromatic heterocycles. The molecule has 29 heavy (non-hydrogen) atoms. The van der Waals surface area contributed by atoms with E-state index in [9.17, 15) is 4.79 Å². The van der Waals surface area contributed by atoms with Crippen LogP contribution in [0.1, 0.15) is 32.5 Å². The second-order valence-corrected chi connectivity index (χ2v) is 8.15. The Morgan fingerprint density at radius 2 is 1.97 bits per heavy atom. The predicted octanol–water partition coefficient (Wildman–Crippen LogP) is 2.44. The van der Waals surface area contributed by atoms with Gasteiger partial charge in [0.15, 0.2) is 0 Å². The third kappa shape index (κ3) is 4.17. The Balaban J connectivity index is 1.58. The van der Waals surface area contributed by atoms with E-state index in [4.69, 9.17) is 4.74 Å². The van der Waals surface area contributed by atoms with Gasteiger partial charge in [-0.2, -0.15) is 10.2 Å². The first-order valence-electron chi connectivity index (χ1n) is 9.60. The highest BCUT2D eigenvalue weighted by atomic mass is 16.5. The van der Waals surface area contributed by atoms with Gasteiger partial charge >= 0.3 is 0 Å². The minimum absolute atomic E-state index is 0.0610. The number of hydrogen-bond donors (Lipinski definition) is 1. The molecule has 1 saturated heterocycles. The average Bonchev–Trinajstić information content (AvgIpc) is 3.16. The third-order valence-electron chi connectivity index (χ3n) is 4.91. The number of anilines is 1. The zero-order valence-electron chi connectivity index (χ0n) is 16.7. The smallest absolute Gasteiger partial charge is 0.267 e. The van der Waals surface area contributed by atoms with Crippen LogP contribution >= 0.6 is 0 Å². The summed E-state index contributed by atoms with van der Waals surface area (Å²) in [6.07, 6.45) is 3.43. The van der Waals surface area contributed by atoms with Crippen molar-refractivity contribution in [3.05, 3.63) is 64.8 Å². The first-order chi connectivity index (χ1) is 13.9. The van der Waals surface area contributed by atoms with Crippen LogP contribution in [0.2, 0.25) is 0 Å². The largest absolute Gasteiger partial charge is 0.377 e. The van der Waals surface area contributed by atoms with Crippen LogP contribution in [0, 0.1) is 0 Å². The fourth-order valence-electron chi connectivity index (χ4n) is 3.25. The molecule has 8 nitrogen and oxygen atoms in total. The third-order valence-corrected chi connectivity index (χ3v) is 4.91. The fourth-order valence-corrected chi connectivity index (χ4v) is 3.25. The quantitative estimate of drug-likeness (QED) is 0.729. The van der Waals surface area contributed by atoms with Crippen molar-refractivity contribution in [1.82, 2.24) is 25.0 Å². The Labute approximate surface area is 169 Å². The van der Waals surface area contributed by atoms with Crippen LogP contribution in [0.4, 0.5) is 5.82 Å². The molecule has 1 aliphatic heterocycles. The topological polar surface area (TPSA) is 94.8 Å². The summed E-state index contributed by atoms with van der Waals surface area (Å²) in [5.74, 6) is 0.648. The number of rotatable bonds is 4. The van der Waals surface area contributed by atoms with Crippen molar-refractivity contribution < 1.29 is 4.74 Å². The maximum Gasteiger partial charge on any atom is 0.267 e. The van der Waals surface area contributed by atoms with Crippen molar-refractivity contribution >= 4 is 5.82 Å². The highest BCUT2D eigenvalue weighted by molar-refractivity contribution is 5.56. The van der Waals surface area contributed by atoms with Gasteiger partial charge < -0.3 is 10.1 Å². The van der Waals surface area contributed by atoms with E-state index in [1.807, 2.05) is 24.3 Å². The molecule has 2 atom stereocenters. The molecule has 8 heteroatoms. The molecule has 0 aromatic carbocycles. The molecule has 0 aliphatic carbocycles. The van der Waals surface area contributed by atoms with E-state index < -0.39 is 0 Å². The molecule has 0 spiro atoms. The SMILES string of the molecule is CC(C)(C)c1ccc(NC2COCC2n2nc(-c3cccnc3)ccc2=O)nn1. The first kappa shape index (κ1) is 19.2. The number of hydrogen-bond acceptors (Lipinski definition) is 7. The maximum atomic E-state index is 12.5. The molecular formula is C21H24N6O2. The lowest BCUT2D eigenvalue weighted by Crippen LogP contribution is -2.37. The summed E-state index contributed by atoms with van der Waals surface area (Å²) in [6, 6.07) is 10.5. The van der Waals surface area contributed by atoms with Crippen molar-refractivity contribution in [3.8, 4) is 11.3 Å². The Bertz CT molecular complexity index is 1030. The van der Waals surface area contributed by atoms with Crippen LogP contribution in [0.25, 0.3) is 11.3 Å². The van der Waals surface area contributed by atoms with E-state index in [0.717, 1.165) is 11.3 Å². The summed E-state index contributed by atoms with van der Waals surface area (Å²) in [7, 11) is 0. The van der Waals surface area contributed by atoms with Crippen molar-refractivity contribution in [1.29, 1.82) is 0 Å². The Hall–Kier alpha value is -3.13. The molecule has 1 aliphatic rings. The first-order valence-corrected chi connectivity index (χ1v) is 9.60. The van der Waals surface area contributed by atoms with E-state index in [0.29, 0.717) is 24.7 Å². The van der Waals surface area contributed by atoms with Crippen LogP contribution in [-0.4, -0.2) is 44.2 Å². The van der Waals surface area contributed by atoms with Crippen LogP contribution in [0.3, 0.4) is 0 Å². The second-order valence-electron chi connectivity index (χ2n) is 8.15. The number of nitrogens with zero attached hydrogens (tertiary/aromatic N) is 5. The molecule has 1 fully saturated rings. The molecule has 4 rings (SSSR count). The van der Waals surface area contributed by atoms with Crippen molar-refractivity contribution in [2.45, 2.75) is 38.3 Å². The average molecular weight is 392 g/mol. The summed E-state index contributed by atoms with van der Waals surface area (Å²) in [4.78, 5) is 16.6. The normalized spacial score (nSPS) is 19.3. The van der Waals surface area contributed by atoms with Crippen molar-refractivity contribution in [2.75, 3.05) is 18.5 Å². The fraction of sp³-hybridized carbons (Fsp3) is 0.381. The molecule has 0 amide bonds. The molecule has 0 saturated carbocycles. The molecular weight excluding hydrogens is 368 g/mol. The van der Waals surface area contributed by atoms with Crippen molar-refractivity contribution in [2.24, 2.45) is 0 Å². The number of aromatic nitrogens is 5. The number of nitrogens with one attached hydrogen (secondary N) is 1. The molecule has 150 valence electrons. The van der Waals surface area contributed by atoms with Gasteiger partial charge in [-0.05, 0) is 30.3 Å². The Kier molecular flexibility index (Phi) is 5.10. The summed E-state index contributed by atoms with van der Waals surface area (Å²) in [6.45, 7) is 7.14. The predicted molar refractivity (Wildman–Crippen MR) is 110 cm³/mol.